The van der Waals surface area contributed by atoms with Gasteiger partial charge in [0.15, 0.2) is 0 Å². The van der Waals surface area contributed by atoms with Crippen LogP contribution in [0.3, 0.4) is 0 Å². The van der Waals surface area contributed by atoms with Gasteiger partial charge in [0.2, 0.25) is 0 Å². The zero-order chi connectivity index (χ0) is 18.9. The number of halogens is 3. The van der Waals surface area contributed by atoms with E-state index in [2.05, 4.69) is 20.9 Å². The van der Waals surface area contributed by atoms with Gasteiger partial charge >= 0.3 is 0 Å². The Labute approximate surface area is 176 Å². The van der Waals surface area contributed by atoms with Gasteiger partial charge in [-0.2, -0.15) is 0 Å². The van der Waals surface area contributed by atoms with Crippen LogP contribution in [0.1, 0.15) is 0 Å². The highest BCUT2D eigenvalue weighted by Crippen LogP contribution is 2.47. The third-order valence-corrected chi connectivity index (χ3v) is 7.55. The Balaban J connectivity index is 2.00. The van der Waals surface area contributed by atoms with Crippen molar-refractivity contribution in [3.63, 3.8) is 0 Å². The molecular formula is C19H11BrCl2N4S. The fourth-order valence-electron chi connectivity index (χ4n) is 3.44. The molecule has 0 radical (unpaired) electrons. The first-order chi connectivity index (χ1) is 13.0. The van der Waals surface area contributed by atoms with E-state index in [0.717, 1.165) is 36.4 Å². The van der Waals surface area contributed by atoms with Crippen molar-refractivity contribution >= 4 is 93.7 Å². The SMILES string of the molecule is Nc1cccc(N)c1-c1nc2c3ccc(Cl)cc3c3c(Br)c(Cl)sc3c2[nH]1. The number of aromatic nitrogens is 2. The summed E-state index contributed by atoms with van der Waals surface area (Å²) in [5, 5.41) is 3.64. The second-order valence-corrected chi connectivity index (χ2v) is 9.06. The first-order valence-corrected chi connectivity index (χ1v) is 10.3. The van der Waals surface area contributed by atoms with Crippen molar-refractivity contribution in [1.29, 1.82) is 0 Å². The second-order valence-electron chi connectivity index (χ2n) is 6.20. The van der Waals surface area contributed by atoms with Crippen molar-refractivity contribution in [2.75, 3.05) is 11.5 Å². The Morgan fingerprint density at radius 1 is 1.04 bits per heavy atom. The molecule has 0 aliphatic rings. The number of imidazole rings is 1. The number of aromatic amines is 1. The summed E-state index contributed by atoms with van der Waals surface area (Å²) >= 11 is 17.8. The number of hydrogen-bond acceptors (Lipinski definition) is 4. The van der Waals surface area contributed by atoms with E-state index in [1.54, 1.807) is 0 Å². The zero-order valence-electron chi connectivity index (χ0n) is 13.6. The summed E-state index contributed by atoms with van der Waals surface area (Å²) in [4.78, 5) is 8.25. The highest BCUT2D eigenvalue weighted by atomic mass is 79.9. The Morgan fingerprint density at radius 2 is 1.78 bits per heavy atom. The molecule has 0 atom stereocenters. The van der Waals surface area contributed by atoms with Gasteiger partial charge in [0.1, 0.15) is 10.2 Å². The van der Waals surface area contributed by atoms with Crippen LogP contribution in [-0.4, -0.2) is 9.97 Å². The van der Waals surface area contributed by atoms with E-state index in [9.17, 15) is 0 Å². The van der Waals surface area contributed by atoms with Gasteiger partial charge in [-0.3, -0.25) is 0 Å². The molecule has 2 heterocycles. The number of benzene rings is 3. The second kappa shape index (κ2) is 6.01. The number of anilines is 2. The van der Waals surface area contributed by atoms with Crippen molar-refractivity contribution in [2.24, 2.45) is 0 Å². The highest BCUT2D eigenvalue weighted by Gasteiger charge is 2.20. The predicted molar refractivity (Wildman–Crippen MR) is 121 cm³/mol. The molecule has 4 nitrogen and oxygen atoms in total. The Bertz CT molecular complexity index is 1370. The summed E-state index contributed by atoms with van der Waals surface area (Å²) in [6.07, 6.45) is 0. The molecule has 0 amide bonds. The van der Waals surface area contributed by atoms with Crippen LogP contribution in [0.4, 0.5) is 11.4 Å². The maximum atomic E-state index is 6.43. The molecule has 0 fully saturated rings. The van der Waals surface area contributed by atoms with Gasteiger partial charge < -0.3 is 16.5 Å². The number of fused-ring (bicyclic) bond motifs is 6. The molecule has 0 unspecified atom stereocenters. The van der Waals surface area contributed by atoms with Crippen molar-refractivity contribution in [3.8, 4) is 11.4 Å². The standard InChI is InChI=1S/C19H11BrCl2N4S/c20-14-12-9-6-7(21)4-5-8(9)15-16(17(12)27-18(14)22)26-19(25-15)13-10(23)2-1-3-11(13)24/h1-6H,23-24H2,(H,25,26). The number of nitrogens with one attached hydrogen (secondary N) is 1. The topological polar surface area (TPSA) is 80.7 Å². The number of thiophene rings is 1. The maximum Gasteiger partial charge on any atom is 0.142 e. The van der Waals surface area contributed by atoms with Crippen molar-refractivity contribution in [2.45, 2.75) is 0 Å². The van der Waals surface area contributed by atoms with Crippen LogP contribution in [0.2, 0.25) is 9.36 Å². The summed E-state index contributed by atoms with van der Waals surface area (Å²) in [5.41, 5.74) is 15.9. The average Bonchev–Trinajstić information content (AvgIpc) is 3.17. The number of rotatable bonds is 1. The lowest BCUT2D eigenvalue weighted by molar-refractivity contribution is 1.34. The van der Waals surface area contributed by atoms with Crippen LogP contribution >= 0.6 is 50.5 Å². The summed E-state index contributed by atoms with van der Waals surface area (Å²) in [6.45, 7) is 0. The minimum absolute atomic E-state index is 0.572. The number of nitrogens with zero attached hydrogens (tertiary/aromatic N) is 1. The summed E-state index contributed by atoms with van der Waals surface area (Å²) in [5.74, 6) is 0.630. The lowest BCUT2D eigenvalue weighted by Crippen LogP contribution is -1.96. The minimum atomic E-state index is 0.572. The van der Waals surface area contributed by atoms with E-state index in [4.69, 9.17) is 39.7 Å². The predicted octanol–water partition coefficient (Wildman–Crippen LogP) is 6.83. The zero-order valence-corrected chi connectivity index (χ0v) is 17.5. The van der Waals surface area contributed by atoms with Crippen molar-refractivity contribution in [1.82, 2.24) is 9.97 Å². The molecule has 0 aliphatic heterocycles. The number of nitrogen functional groups attached to an aromatic ring is 2. The minimum Gasteiger partial charge on any atom is -0.398 e. The molecule has 0 aliphatic carbocycles. The molecule has 5 N–H and O–H groups in total. The normalized spacial score (nSPS) is 11.8. The quantitative estimate of drug-likeness (QED) is 0.231. The molecule has 0 saturated heterocycles. The molecule has 0 spiro atoms. The fraction of sp³-hybridized carbons (Fsp3) is 0. The van der Waals surface area contributed by atoms with Crippen LogP contribution in [0, 0.1) is 0 Å². The van der Waals surface area contributed by atoms with E-state index in [1.807, 2.05) is 36.4 Å². The van der Waals surface area contributed by atoms with Gasteiger partial charge in [-0.25, -0.2) is 4.98 Å². The molecule has 0 saturated carbocycles. The monoisotopic (exact) mass is 476 g/mol. The maximum absolute atomic E-state index is 6.43. The number of nitrogens with two attached hydrogens (primary N) is 2. The Kier molecular flexibility index (Phi) is 3.81. The van der Waals surface area contributed by atoms with Gasteiger partial charge in [0.05, 0.1) is 25.8 Å². The van der Waals surface area contributed by atoms with Gasteiger partial charge in [0, 0.05) is 27.2 Å². The van der Waals surface area contributed by atoms with Crippen LogP contribution in [0.15, 0.2) is 40.9 Å². The molecule has 3 aromatic carbocycles. The lowest BCUT2D eigenvalue weighted by Gasteiger charge is -2.05. The largest absolute Gasteiger partial charge is 0.398 e. The van der Waals surface area contributed by atoms with E-state index >= 15 is 0 Å². The van der Waals surface area contributed by atoms with Crippen LogP contribution in [-0.2, 0) is 0 Å². The van der Waals surface area contributed by atoms with Crippen LogP contribution in [0.5, 0.6) is 0 Å². The molecule has 134 valence electrons. The molecule has 8 heteroatoms. The van der Waals surface area contributed by atoms with Crippen LogP contribution in [0.25, 0.3) is 43.3 Å². The van der Waals surface area contributed by atoms with E-state index in [0.29, 0.717) is 32.1 Å². The van der Waals surface area contributed by atoms with Gasteiger partial charge in [0.25, 0.3) is 0 Å². The molecule has 5 rings (SSSR count). The van der Waals surface area contributed by atoms with E-state index in [1.165, 1.54) is 11.3 Å². The van der Waals surface area contributed by atoms with Crippen molar-refractivity contribution < 1.29 is 0 Å². The average molecular weight is 478 g/mol. The highest BCUT2D eigenvalue weighted by molar-refractivity contribution is 9.10. The van der Waals surface area contributed by atoms with E-state index in [-0.39, 0.29) is 0 Å². The molecule has 2 aromatic heterocycles. The fourth-order valence-corrected chi connectivity index (χ4v) is 5.66. The van der Waals surface area contributed by atoms with Crippen LogP contribution < -0.4 is 11.5 Å². The third kappa shape index (κ3) is 2.44. The molecule has 5 aromatic rings. The summed E-state index contributed by atoms with van der Waals surface area (Å²) in [7, 11) is 0. The van der Waals surface area contributed by atoms with E-state index < -0.39 is 0 Å². The Morgan fingerprint density at radius 3 is 2.52 bits per heavy atom. The number of hydrogen-bond donors (Lipinski definition) is 3. The molecule has 0 bridgehead atoms. The van der Waals surface area contributed by atoms with Gasteiger partial charge in [-0.15, -0.1) is 11.3 Å². The lowest BCUT2D eigenvalue weighted by atomic mass is 10.1. The third-order valence-electron chi connectivity index (χ3n) is 4.61. The molecule has 27 heavy (non-hydrogen) atoms. The molecular weight excluding hydrogens is 467 g/mol. The van der Waals surface area contributed by atoms with Gasteiger partial charge in [-0.05, 0) is 45.6 Å². The first-order valence-electron chi connectivity index (χ1n) is 7.98. The first kappa shape index (κ1) is 17.1. The van der Waals surface area contributed by atoms with Crippen molar-refractivity contribution in [3.05, 3.63) is 50.2 Å². The van der Waals surface area contributed by atoms with Gasteiger partial charge in [-0.1, -0.05) is 35.3 Å². The number of H-pyrrole nitrogens is 1. The summed E-state index contributed by atoms with van der Waals surface area (Å²) < 4.78 is 2.53. The summed E-state index contributed by atoms with van der Waals surface area (Å²) in [6, 6.07) is 11.2. The smallest absolute Gasteiger partial charge is 0.142 e. The Hall–Kier alpha value is -1.99.